The number of anilines is 1. The lowest BCUT2D eigenvalue weighted by Gasteiger charge is -2.37. The summed E-state index contributed by atoms with van der Waals surface area (Å²) in [5.74, 6) is 2.66. The molecule has 0 spiro atoms. The third kappa shape index (κ3) is 6.89. The number of carbonyl (C=O) groups is 2. The topological polar surface area (TPSA) is 76.5 Å². The van der Waals surface area contributed by atoms with Crippen LogP contribution in [0.25, 0.3) is 11.1 Å². The number of hydrogen-bond donors (Lipinski definition) is 1. The van der Waals surface area contributed by atoms with Crippen molar-refractivity contribution in [1.29, 1.82) is 0 Å². The van der Waals surface area contributed by atoms with Crippen LogP contribution in [-0.4, -0.2) is 41.3 Å². The van der Waals surface area contributed by atoms with E-state index in [1.807, 2.05) is 6.20 Å². The standard InChI is InChI=1S/C39H50N4O3/c1-26-21-32(15-20-37(26)46-2)28-11-9-27(10-12-28)24-42(36-8-4-7-31(22-36)33-23-40-43(25-33)35-18-19-35)39(45)30-13-16-34(17-14-30)41-38(44)29-5-3-6-29/h4,7-8,15,20-23,25,27-30,34-35H,3,5-6,9-14,16-19,24H2,1-2H3,(H,41,44)/t27-,28-,30-,34-. The summed E-state index contributed by atoms with van der Waals surface area (Å²) in [6.07, 6.45) is 17.7. The van der Waals surface area contributed by atoms with Crippen LogP contribution >= 0.6 is 0 Å². The lowest BCUT2D eigenvalue weighted by atomic mass is 9.78. The first kappa shape index (κ1) is 31.0. The Hall–Kier alpha value is -3.61. The normalized spacial score (nSPS) is 25.0. The maximum atomic E-state index is 14.4. The third-order valence-corrected chi connectivity index (χ3v) is 11.4. The molecule has 1 heterocycles. The maximum Gasteiger partial charge on any atom is 0.230 e. The van der Waals surface area contributed by atoms with Crippen LogP contribution in [0, 0.1) is 24.7 Å². The van der Waals surface area contributed by atoms with Gasteiger partial charge in [0.1, 0.15) is 5.75 Å². The zero-order chi connectivity index (χ0) is 31.6. The molecule has 1 N–H and O–H groups in total. The molecule has 0 aliphatic heterocycles. The molecule has 3 aromatic rings. The van der Waals surface area contributed by atoms with Crippen LogP contribution in [0.3, 0.4) is 0 Å². The molecule has 4 fully saturated rings. The number of aromatic nitrogens is 2. The molecule has 2 aromatic carbocycles. The van der Waals surface area contributed by atoms with Gasteiger partial charge in [0.25, 0.3) is 0 Å². The van der Waals surface area contributed by atoms with Crippen molar-refractivity contribution in [3.05, 3.63) is 66.0 Å². The fourth-order valence-corrected chi connectivity index (χ4v) is 7.99. The van der Waals surface area contributed by atoms with Crippen molar-refractivity contribution in [2.24, 2.45) is 17.8 Å². The first-order valence-corrected chi connectivity index (χ1v) is 17.9. The fourth-order valence-electron chi connectivity index (χ4n) is 7.99. The second kappa shape index (κ2) is 13.6. The van der Waals surface area contributed by atoms with Crippen molar-refractivity contribution < 1.29 is 14.3 Å². The van der Waals surface area contributed by atoms with Gasteiger partial charge in [0.05, 0.1) is 19.3 Å². The van der Waals surface area contributed by atoms with Crippen LogP contribution in [0.5, 0.6) is 5.75 Å². The number of ether oxygens (including phenoxy) is 1. The predicted octanol–water partition coefficient (Wildman–Crippen LogP) is 7.98. The SMILES string of the molecule is COc1ccc([C@H]2CC[C@H](CN(c3cccc(-c4cnn(C5CC5)c4)c3)C(=O)[C@H]3CC[C@H](NC(=O)C4CCC4)CC3)CC2)cc1C. The van der Waals surface area contributed by atoms with Crippen molar-refractivity contribution in [3.63, 3.8) is 0 Å². The summed E-state index contributed by atoms with van der Waals surface area (Å²) in [6, 6.07) is 15.9. The van der Waals surface area contributed by atoms with Crippen molar-refractivity contribution in [3.8, 4) is 16.9 Å². The molecule has 0 radical (unpaired) electrons. The lowest BCUT2D eigenvalue weighted by Crippen LogP contribution is -2.45. The number of nitrogens with zero attached hydrogens (tertiary/aromatic N) is 3. The number of nitrogens with one attached hydrogen (secondary N) is 1. The lowest BCUT2D eigenvalue weighted by molar-refractivity contribution is -0.128. The zero-order valence-corrected chi connectivity index (χ0v) is 27.6. The fraction of sp³-hybridized carbons (Fsp3) is 0.564. The quantitative estimate of drug-likeness (QED) is 0.249. The van der Waals surface area contributed by atoms with E-state index >= 15 is 0 Å². The molecule has 2 amide bonds. The highest BCUT2D eigenvalue weighted by Crippen LogP contribution is 2.40. The van der Waals surface area contributed by atoms with E-state index in [0.29, 0.717) is 17.9 Å². The molecule has 0 saturated heterocycles. The summed E-state index contributed by atoms with van der Waals surface area (Å²) in [6.45, 7) is 2.88. The van der Waals surface area contributed by atoms with Gasteiger partial charge in [-0.05, 0) is 131 Å². The highest BCUT2D eigenvalue weighted by Gasteiger charge is 2.34. The minimum absolute atomic E-state index is 0.00302. The van der Waals surface area contributed by atoms with Crippen molar-refractivity contribution in [2.45, 2.75) is 108 Å². The van der Waals surface area contributed by atoms with Gasteiger partial charge in [-0.25, -0.2) is 0 Å². The summed E-state index contributed by atoms with van der Waals surface area (Å²) in [5.41, 5.74) is 5.82. The van der Waals surface area contributed by atoms with E-state index in [0.717, 1.165) is 93.3 Å². The van der Waals surface area contributed by atoms with Crippen LogP contribution in [0.1, 0.15) is 107 Å². The average Bonchev–Trinajstić information content (AvgIpc) is 3.79. The number of amides is 2. The Labute approximate surface area is 274 Å². The number of rotatable bonds is 10. The molecule has 0 bridgehead atoms. The van der Waals surface area contributed by atoms with E-state index < -0.39 is 0 Å². The maximum absolute atomic E-state index is 14.4. The van der Waals surface area contributed by atoms with Crippen molar-refractivity contribution in [1.82, 2.24) is 15.1 Å². The van der Waals surface area contributed by atoms with E-state index in [2.05, 4.69) is 75.6 Å². The molecule has 0 unspecified atom stereocenters. The molecule has 0 atom stereocenters. The minimum atomic E-state index is -0.00302. The summed E-state index contributed by atoms with van der Waals surface area (Å²) >= 11 is 0. The predicted molar refractivity (Wildman–Crippen MR) is 182 cm³/mol. The number of benzene rings is 2. The molecule has 244 valence electrons. The second-order valence-corrected chi connectivity index (χ2v) is 14.6. The number of methoxy groups -OCH3 is 1. The van der Waals surface area contributed by atoms with Gasteiger partial charge >= 0.3 is 0 Å². The Morgan fingerprint density at radius 1 is 0.891 bits per heavy atom. The van der Waals surface area contributed by atoms with Gasteiger partial charge < -0.3 is 15.0 Å². The molecule has 4 saturated carbocycles. The molecule has 7 heteroatoms. The second-order valence-electron chi connectivity index (χ2n) is 14.6. The average molecular weight is 623 g/mol. The molecule has 1 aromatic heterocycles. The first-order valence-electron chi connectivity index (χ1n) is 17.9. The summed E-state index contributed by atoms with van der Waals surface area (Å²) in [7, 11) is 1.73. The molecular formula is C39H50N4O3. The molecular weight excluding hydrogens is 572 g/mol. The summed E-state index contributed by atoms with van der Waals surface area (Å²) < 4.78 is 7.59. The van der Waals surface area contributed by atoms with Gasteiger partial charge in [0.2, 0.25) is 11.8 Å². The van der Waals surface area contributed by atoms with E-state index in [1.165, 1.54) is 30.4 Å². The van der Waals surface area contributed by atoms with Crippen LogP contribution in [0.4, 0.5) is 5.69 Å². The molecule has 46 heavy (non-hydrogen) atoms. The van der Waals surface area contributed by atoms with Gasteiger partial charge in [-0.1, -0.05) is 30.7 Å². The number of hydrogen-bond acceptors (Lipinski definition) is 4. The van der Waals surface area contributed by atoms with Gasteiger partial charge in [-0.15, -0.1) is 0 Å². The van der Waals surface area contributed by atoms with Crippen LogP contribution in [0.15, 0.2) is 54.9 Å². The van der Waals surface area contributed by atoms with Gasteiger partial charge in [-0.2, -0.15) is 5.10 Å². The van der Waals surface area contributed by atoms with Crippen LogP contribution < -0.4 is 15.0 Å². The Morgan fingerprint density at radius 3 is 2.35 bits per heavy atom. The Bertz CT molecular complexity index is 1520. The Kier molecular flexibility index (Phi) is 9.19. The highest BCUT2D eigenvalue weighted by atomic mass is 16.5. The third-order valence-electron chi connectivity index (χ3n) is 11.4. The van der Waals surface area contributed by atoms with E-state index in [9.17, 15) is 9.59 Å². The van der Waals surface area contributed by atoms with Crippen molar-refractivity contribution in [2.75, 3.05) is 18.6 Å². The van der Waals surface area contributed by atoms with Gasteiger partial charge in [0.15, 0.2) is 0 Å². The first-order chi connectivity index (χ1) is 22.4. The van der Waals surface area contributed by atoms with E-state index in [1.54, 1.807) is 7.11 Å². The Balaban J connectivity index is 1.05. The smallest absolute Gasteiger partial charge is 0.230 e. The number of aryl methyl sites for hydroxylation is 1. The highest BCUT2D eigenvalue weighted by molar-refractivity contribution is 5.95. The number of carbonyl (C=O) groups excluding carboxylic acids is 2. The largest absolute Gasteiger partial charge is 0.496 e. The summed E-state index contributed by atoms with van der Waals surface area (Å²) in [4.78, 5) is 29.1. The zero-order valence-electron chi connectivity index (χ0n) is 27.6. The van der Waals surface area contributed by atoms with Crippen molar-refractivity contribution >= 4 is 17.5 Å². The summed E-state index contributed by atoms with van der Waals surface area (Å²) in [5, 5.41) is 7.92. The molecule has 4 aliphatic rings. The van der Waals surface area contributed by atoms with Gasteiger partial charge in [-0.3, -0.25) is 14.3 Å². The van der Waals surface area contributed by atoms with E-state index in [4.69, 9.17) is 4.74 Å². The van der Waals surface area contributed by atoms with Gasteiger partial charge in [0, 0.05) is 41.9 Å². The van der Waals surface area contributed by atoms with Crippen LogP contribution in [0.2, 0.25) is 0 Å². The monoisotopic (exact) mass is 622 g/mol. The Morgan fingerprint density at radius 2 is 1.67 bits per heavy atom. The minimum Gasteiger partial charge on any atom is -0.496 e. The molecule has 7 nitrogen and oxygen atoms in total. The van der Waals surface area contributed by atoms with Crippen LogP contribution in [-0.2, 0) is 9.59 Å². The molecule has 4 aliphatic carbocycles. The van der Waals surface area contributed by atoms with E-state index in [-0.39, 0.29) is 29.7 Å². The molecule has 7 rings (SSSR count).